The van der Waals surface area contributed by atoms with Gasteiger partial charge in [-0.2, -0.15) is 0 Å². The van der Waals surface area contributed by atoms with Crippen molar-refractivity contribution in [2.75, 3.05) is 5.75 Å². The van der Waals surface area contributed by atoms with Crippen LogP contribution in [0.2, 0.25) is 0 Å². The molecule has 0 amide bonds. The van der Waals surface area contributed by atoms with Crippen LogP contribution in [0.3, 0.4) is 0 Å². The maximum Gasteiger partial charge on any atom is 0.348 e. The van der Waals surface area contributed by atoms with Gasteiger partial charge < -0.3 is 14.9 Å². The molecule has 2 aromatic carbocycles. The number of aryl methyl sites for hydroxylation is 2. The third-order valence-corrected chi connectivity index (χ3v) is 6.81. The van der Waals surface area contributed by atoms with Gasteiger partial charge in [-0.3, -0.25) is 4.79 Å². The first-order valence-electron chi connectivity index (χ1n) is 11.1. The van der Waals surface area contributed by atoms with Crippen LogP contribution in [0.25, 0.3) is 0 Å². The van der Waals surface area contributed by atoms with Crippen LogP contribution in [0.5, 0.6) is 0 Å². The zero-order chi connectivity index (χ0) is 22.8. The summed E-state index contributed by atoms with van der Waals surface area (Å²) in [7, 11) is 0. The molecule has 5 nitrogen and oxygen atoms in total. The Labute approximate surface area is 193 Å². The average Bonchev–Trinajstić information content (AvgIpc) is 2.79. The highest BCUT2D eigenvalue weighted by atomic mass is 32.2. The number of hydrogen-bond donors (Lipinski definition) is 2. The Morgan fingerprint density at radius 2 is 1.56 bits per heavy atom. The fraction of sp³-hybridized carbons (Fsp3) is 0.385. The molecule has 1 atom stereocenters. The molecule has 0 spiro atoms. The number of carboxylic acid groups (broad SMARTS) is 1. The van der Waals surface area contributed by atoms with Crippen molar-refractivity contribution in [1.82, 2.24) is 0 Å². The number of aliphatic carboxylic acids is 1. The van der Waals surface area contributed by atoms with Crippen LogP contribution in [-0.2, 0) is 27.2 Å². The number of carboxylic acids is 1. The molecule has 170 valence electrons. The van der Waals surface area contributed by atoms with Crippen LogP contribution >= 0.6 is 11.8 Å². The smallest absolute Gasteiger partial charge is 0.348 e. The van der Waals surface area contributed by atoms with E-state index in [1.165, 1.54) is 17.3 Å². The van der Waals surface area contributed by atoms with Gasteiger partial charge in [0.25, 0.3) is 0 Å². The minimum atomic E-state index is -0.830. The molecule has 3 rings (SSSR count). The Kier molecular flexibility index (Phi) is 8.80. The lowest BCUT2D eigenvalue weighted by molar-refractivity contribution is -0.159. The number of hydrogen-bond acceptors (Lipinski definition) is 5. The summed E-state index contributed by atoms with van der Waals surface area (Å²) >= 11 is 1.33. The van der Waals surface area contributed by atoms with Crippen molar-refractivity contribution in [2.24, 2.45) is 0 Å². The molecule has 0 saturated heterocycles. The van der Waals surface area contributed by atoms with Crippen molar-refractivity contribution >= 4 is 23.7 Å². The number of benzene rings is 2. The molecule has 6 heteroatoms. The van der Waals surface area contributed by atoms with Gasteiger partial charge in [0.05, 0.1) is 0 Å². The summed E-state index contributed by atoms with van der Waals surface area (Å²) in [5.74, 6) is -0.541. The molecule has 1 heterocycles. The molecule has 1 aliphatic rings. The van der Waals surface area contributed by atoms with Crippen LogP contribution in [0.1, 0.15) is 49.7 Å². The normalized spacial score (nSPS) is 18.4. The molecule has 0 saturated carbocycles. The Balaban J connectivity index is 1.66. The van der Waals surface area contributed by atoms with E-state index in [1.54, 1.807) is 0 Å². The molecule has 0 aliphatic carbocycles. The number of esters is 1. The van der Waals surface area contributed by atoms with Gasteiger partial charge in [-0.1, -0.05) is 60.7 Å². The van der Waals surface area contributed by atoms with Crippen molar-refractivity contribution in [2.45, 2.75) is 57.0 Å². The largest absolute Gasteiger partial charge is 0.511 e. The van der Waals surface area contributed by atoms with Gasteiger partial charge in [0.15, 0.2) is 0 Å². The van der Waals surface area contributed by atoms with Crippen molar-refractivity contribution < 1.29 is 24.5 Å². The number of aliphatic hydroxyl groups excluding tert-OH is 1. The third-order valence-electron chi connectivity index (χ3n) is 5.71. The highest BCUT2D eigenvalue weighted by Crippen LogP contribution is 2.40. The highest BCUT2D eigenvalue weighted by Gasteiger charge is 2.41. The van der Waals surface area contributed by atoms with E-state index >= 15 is 0 Å². The number of ether oxygens (including phenoxy) is 1. The molecule has 0 radical (unpaired) electrons. The average molecular weight is 455 g/mol. The van der Waals surface area contributed by atoms with E-state index in [4.69, 9.17) is 9.84 Å². The lowest BCUT2D eigenvalue weighted by Crippen LogP contribution is -2.40. The zero-order valence-electron chi connectivity index (χ0n) is 18.2. The molecule has 1 unspecified atom stereocenters. The second kappa shape index (κ2) is 11.8. The summed E-state index contributed by atoms with van der Waals surface area (Å²) in [6.07, 6.45) is 4.13. The quantitative estimate of drug-likeness (QED) is 0.316. The van der Waals surface area contributed by atoms with Gasteiger partial charge in [-0.15, -0.1) is 11.8 Å². The maximum atomic E-state index is 12.9. The fourth-order valence-electron chi connectivity index (χ4n) is 3.98. The molecule has 1 aliphatic heterocycles. The maximum absolute atomic E-state index is 12.9. The fourth-order valence-corrected chi connectivity index (χ4v) is 4.92. The van der Waals surface area contributed by atoms with Gasteiger partial charge in [-0.05, 0) is 49.7 Å². The first-order chi connectivity index (χ1) is 15.5. The van der Waals surface area contributed by atoms with Crippen LogP contribution in [0.15, 0.2) is 71.3 Å². The molecular weight excluding hydrogens is 424 g/mol. The zero-order valence-corrected chi connectivity index (χ0v) is 19.0. The Morgan fingerprint density at radius 1 is 0.938 bits per heavy atom. The summed E-state index contributed by atoms with van der Waals surface area (Å²) in [5.41, 5.74) is 1.51. The minimum Gasteiger partial charge on any atom is -0.511 e. The van der Waals surface area contributed by atoms with Crippen LogP contribution < -0.4 is 0 Å². The monoisotopic (exact) mass is 454 g/mol. The summed E-state index contributed by atoms with van der Waals surface area (Å²) in [4.78, 5) is 24.0. The van der Waals surface area contributed by atoms with E-state index in [9.17, 15) is 14.7 Å². The van der Waals surface area contributed by atoms with Gasteiger partial charge in [0.2, 0.25) is 0 Å². The second-order valence-corrected chi connectivity index (χ2v) is 9.30. The molecular formula is C26H30O5S. The lowest BCUT2D eigenvalue weighted by atomic mass is 9.84. The molecule has 32 heavy (non-hydrogen) atoms. The predicted molar refractivity (Wildman–Crippen MR) is 127 cm³/mol. The molecule has 0 aromatic heterocycles. The van der Waals surface area contributed by atoms with E-state index < -0.39 is 17.5 Å². The van der Waals surface area contributed by atoms with Crippen molar-refractivity contribution in [3.05, 3.63) is 82.5 Å². The molecule has 0 fully saturated rings. The number of thioether (sulfide) groups is 1. The minimum absolute atomic E-state index is 0.0884. The van der Waals surface area contributed by atoms with Crippen LogP contribution in [0.4, 0.5) is 0 Å². The van der Waals surface area contributed by atoms with Crippen LogP contribution in [-0.4, -0.2) is 33.5 Å². The number of aliphatic hydroxyl groups is 1. The van der Waals surface area contributed by atoms with Gasteiger partial charge in [-0.25, -0.2) is 4.79 Å². The standard InChI is InChI=1S/C26H30O5S/c27-22-19-26(16-8-7-13-23(28)29,17-14-20-9-3-1-4-10-20)31-25(30)24(22)32-18-15-21-11-5-2-6-12-21/h1-6,9-12,27H,7-8,13-19H2,(H,28,29). The van der Waals surface area contributed by atoms with E-state index in [-0.39, 0.29) is 18.6 Å². The van der Waals surface area contributed by atoms with Crippen molar-refractivity contribution in [1.29, 1.82) is 0 Å². The third kappa shape index (κ3) is 7.16. The first-order valence-corrected chi connectivity index (χ1v) is 12.0. The van der Waals surface area contributed by atoms with Crippen LogP contribution in [0, 0.1) is 0 Å². The number of carbonyl (C=O) groups is 2. The summed E-state index contributed by atoms with van der Waals surface area (Å²) in [6, 6.07) is 20.0. The predicted octanol–water partition coefficient (Wildman–Crippen LogP) is 5.70. The Hall–Kier alpha value is -2.73. The van der Waals surface area contributed by atoms with E-state index in [1.807, 2.05) is 60.7 Å². The Bertz CT molecular complexity index is 926. The number of unbranched alkanes of at least 4 members (excludes halogenated alkanes) is 1. The first kappa shape index (κ1) is 23.9. The number of carbonyl (C=O) groups excluding carboxylic acids is 1. The molecule has 2 aromatic rings. The van der Waals surface area contributed by atoms with E-state index in [0.29, 0.717) is 36.3 Å². The second-order valence-electron chi connectivity index (χ2n) is 8.20. The Morgan fingerprint density at radius 3 is 2.16 bits per heavy atom. The van der Waals surface area contributed by atoms with Gasteiger partial charge >= 0.3 is 11.9 Å². The van der Waals surface area contributed by atoms with E-state index in [0.717, 1.165) is 18.4 Å². The number of cyclic esters (lactones) is 1. The summed E-state index contributed by atoms with van der Waals surface area (Å²) < 4.78 is 5.96. The SMILES string of the molecule is O=C(O)CCCCC1(CCc2ccccc2)CC(O)=C(SCCc2ccccc2)C(=O)O1. The lowest BCUT2D eigenvalue weighted by Gasteiger charge is -2.37. The molecule has 0 bridgehead atoms. The van der Waals surface area contributed by atoms with E-state index in [2.05, 4.69) is 0 Å². The summed E-state index contributed by atoms with van der Waals surface area (Å²) in [5, 5.41) is 19.7. The van der Waals surface area contributed by atoms with Gasteiger partial charge in [0.1, 0.15) is 16.3 Å². The number of rotatable bonds is 12. The summed E-state index contributed by atoms with van der Waals surface area (Å²) in [6.45, 7) is 0. The highest BCUT2D eigenvalue weighted by molar-refractivity contribution is 8.04. The van der Waals surface area contributed by atoms with Gasteiger partial charge in [0, 0.05) is 18.6 Å². The van der Waals surface area contributed by atoms with Crippen molar-refractivity contribution in [3.63, 3.8) is 0 Å². The topological polar surface area (TPSA) is 83.8 Å². The van der Waals surface area contributed by atoms with Crippen molar-refractivity contribution in [3.8, 4) is 0 Å². The molecule has 2 N–H and O–H groups in total.